The Hall–Kier alpha value is -1.91. The second kappa shape index (κ2) is 7.20. The van der Waals surface area contributed by atoms with Gasteiger partial charge < -0.3 is 10.2 Å². The van der Waals surface area contributed by atoms with Crippen molar-refractivity contribution in [3.63, 3.8) is 0 Å². The van der Waals surface area contributed by atoms with Gasteiger partial charge in [-0.2, -0.15) is 0 Å². The first-order chi connectivity index (χ1) is 10.1. The first-order valence-electron chi connectivity index (χ1n) is 7.38. The normalized spacial score (nSPS) is 18.4. The van der Waals surface area contributed by atoms with Crippen LogP contribution in [0.1, 0.15) is 36.5 Å². The van der Waals surface area contributed by atoms with E-state index >= 15 is 0 Å². The van der Waals surface area contributed by atoms with Crippen LogP contribution in [0.5, 0.6) is 0 Å². The molecule has 1 saturated heterocycles. The van der Waals surface area contributed by atoms with E-state index in [1.54, 1.807) is 0 Å². The lowest BCUT2D eigenvalue weighted by Crippen LogP contribution is -2.40. The van der Waals surface area contributed by atoms with Crippen LogP contribution < -0.4 is 5.32 Å². The number of halogens is 1. The highest BCUT2D eigenvalue weighted by Gasteiger charge is 2.20. The predicted octanol–water partition coefficient (Wildman–Crippen LogP) is 2.20. The number of hydrogen-bond donors (Lipinski definition) is 1. The van der Waals surface area contributed by atoms with Crippen molar-refractivity contribution < 1.29 is 14.0 Å². The van der Waals surface area contributed by atoms with E-state index in [9.17, 15) is 14.0 Å². The molecule has 2 amide bonds. The smallest absolute Gasteiger partial charge is 0.251 e. The zero-order valence-corrected chi connectivity index (χ0v) is 12.3. The van der Waals surface area contributed by atoms with Crippen molar-refractivity contribution in [2.24, 2.45) is 5.92 Å². The Morgan fingerprint density at radius 3 is 2.71 bits per heavy atom. The SMILES string of the molecule is CC1CCCN(C(=O)CCNC(=O)c2ccc(F)cc2)C1. The van der Waals surface area contributed by atoms with Crippen molar-refractivity contribution in [1.82, 2.24) is 10.2 Å². The van der Waals surface area contributed by atoms with E-state index in [0.29, 0.717) is 24.4 Å². The molecule has 1 aliphatic rings. The summed E-state index contributed by atoms with van der Waals surface area (Å²) in [5.41, 5.74) is 0.399. The maximum atomic E-state index is 12.8. The Kier molecular flexibility index (Phi) is 5.31. The van der Waals surface area contributed by atoms with Gasteiger partial charge in [0.25, 0.3) is 5.91 Å². The van der Waals surface area contributed by atoms with Crippen molar-refractivity contribution in [2.75, 3.05) is 19.6 Å². The number of amides is 2. The van der Waals surface area contributed by atoms with Gasteiger partial charge in [0.05, 0.1) is 0 Å². The lowest BCUT2D eigenvalue weighted by molar-refractivity contribution is -0.132. The monoisotopic (exact) mass is 292 g/mol. The number of likely N-dealkylation sites (tertiary alicyclic amines) is 1. The van der Waals surface area contributed by atoms with Gasteiger partial charge in [-0.25, -0.2) is 4.39 Å². The van der Waals surface area contributed by atoms with Gasteiger partial charge in [-0.1, -0.05) is 6.92 Å². The number of piperidine rings is 1. The molecule has 2 rings (SSSR count). The maximum Gasteiger partial charge on any atom is 0.251 e. The molecule has 5 heteroatoms. The zero-order chi connectivity index (χ0) is 15.2. The Morgan fingerprint density at radius 2 is 2.05 bits per heavy atom. The van der Waals surface area contributed by atoms with Gasteiger partial charge in [0, 0.05) is 31.6 Å². The number of rotatable bonds is 4. The van der Waals surface area contributed by atoms with Gasteiger partial charge in [0.2, 0.25) is 5.91 Å². The minimum atomic E-state index is -0.374. The van der Waals surface area contributed by atoms with Gasteiger partial charge in [-0.3, -0.25) is 9.59 Å². The highest BCUT2D eigenvalue weighted by atomic mass is 19.1. The van der Waals surface area contributed by atoms with E-state index in [-0.39, 0.29) is 17.6 Å². The van der Waals surface area contributed by atoms with E-state index < -0.39 is 0 Å². The van der Waals surface area contributed by atoms with Crippen LogP contribution in [0.4, 0.5) is 4.39 Å². The van der Waals surface area contributed by atoms with Crippen molar-refractivity contribution in [2.45, 2.75) is 26.2 Å². The van der Waals surface area contributed by atoms with Crippen LogP contribution in [0.3, 0.4) is 0 Å². The molecule has 1 heterocycles. The Morgan fingerprint density at radius 1 is 1.33 bits per heavy atom. The quantitative estimate of drug-likeness (QED) is 0.925. The van der Waals surface area contributed by atoms with E-state index in [4.69, 9.17) is 0 Å². The standard InChI is InChI=1S/C16H21FN2O2/c1-12-3-2-10-19(11-12)15(20)8-9-18-16(21)13-4-6-14(17)7-5-13/h4-7,12H,2-3,8-11H2,1H3,(H,18,21). The molecule has 1 aromatic rings. The van der Waals surface area contributed by atoms with Crippen LogP contribution in [-0.2, 0) is 4.79 Å². The molecule has 114 valence electrons. The first kappa shape index (κ1) is 15.5. The molecule has 0 aromatic heterocycles. The number of hydrogen-bond acceptors (Lipinski definition) is 2. The molecule has 4 nitrogen and oxygen atoms in total. The Balaban J connectivity index is 1.74. The van der Waals surface area contributed by atoms with Gasteiger partial charge in [0.1, 0.15) is 5.82 Å². The summed E-state index contributed by atoms with van der Waals surface area (Å²) in [6.45, 7) is 4.08. The largest absolute Gasteiger partial charge is 0.352 e. The van der Waals surface area contributed by atoms with Crippen LogP contribution in [0.15, 0.2) is 24.3 Å². The van der Waals surface area contributed by atoms with E-state index in [1.165, 1.54) is 30.7 Å². The van der Waals surface area contributed by atoms with E-state index in [1.807, 2.05) is 4.90 Å². The number of nitrogens with one attached hydrogen (secondary N) is 1. The number of carbonyl (C=O) groups is 2. The topological polar surface area (TPSA) is 49.4 Å². The summed E-state index contributed by atoms with van der Waals surface area (Å²) in [5, 5.41) is 2.69. The lowest BCUT2D eigenvalue weighted by atomic mass is 10.00. The first-order valence-corrected chi connectivity index (χ1v) is 7.38. The second-order valence-electron chi connectivity index (χ2n) is 5.60. The van der Waals surface area contributed by atoms with Crippen LogP contribution in [0, 0.1) is 11.7 Å². The van der Waals surface area contributed by atoms with Gasteiger partial charge >= 0.3 is 0 Å². The van der Waals surface area contributed by atoms with Crippen molar-refractivity contribution in [3.05, 3.63) is 35.6 Å². The summed E-state index contributed by atoms with van der Waals surface area (Å²) in [6, 6.07) is 5.35. The summed E-state index contributed by atoms with van der Waals surface area (Å²) in [4.78, 5) is 25.7. The molecule has 21 heavy (non-hydrogen) atoms. The molecule has 1 N–H and O–H groups in total. The third-order valence-corrected chi connectivity index (χ3v) is 3.74. The number of benzene rings is 1. The third-order valence-electron chi connectivity index (χ3n) is 3.74. The molecule has 1 fully saturated rings. The van der Waals surface area contributed by atoms with Crippen LogP contribution >= 0.6 is 0 Å². The molecule has 1 unspecified atom stereocenters. The molecular weight excluding hydrogens is 271 g/mol. The molecule has 1 atom stereocenters. The summed E-state index contributed by atoms with van der Waals surface area (Å²) in [5.74, 6) is -0.0202. The Labute approximate surface area is 124 Å². The van der Waals surface area contributed by atoms with Crippen LogP contribution in [0.25, 0.3) is 0 Å². The minimum Gasteiger partial charge on any atom is -0.352 e. The molecule has 1 aromatic carbocycles. The van der Waals surface area contributed by atoms with Gasteiger partial charge in [-0.05, 0) is 43.0 Å². The number of carbonyl (C=O) groups excluding carboxylic acids is 2. The fraction of sp³-hybridized carbons (Fsp3) is 0.500. The molecule has 0 spiro atoms. The van der Waals surface area contributed by atoms with E-state index in [2.05, 4.69) is 12.2 Å². The Bertz CT molecular complexity index is 502. The average Bonchev–Trinajstić information content (AvgIpc) is 2.47. The van der Waals surface area contributed by atoms with Crippen LogP contribution in [0.2, 0.25) is 0 Å². The van der Waals surface area contributed by atoms with Crippen molar-refractivity contribution >= 4 is 11.8 Å². The zero-order valence-electron chi connectivity index (χ0n) is 12.3. The van der Waals surface area contributed by atoms with Crippen molar-refractivity contribution in [3.8, 4) is 0 Å². The second-order valence-corrected chi connectivity index (χ2v) is 5.60. The highest BCUT2D eigenvalue weighted by Crippen LogP contribution is 2.15. The summed E-state index contributed by atoms with van der Waals surface area (Å²) in [7, 11) is 0. The lowest BCUT2D eigenvalue weighted by Gasteiger charge is -2.31. The molecule has 0 bridgehead atoms. The fourth-order valence-electron chi connectivity index (χ4n) is 2.56. The highest BCUT2D eigenvalue weighted by molar-refractivity contribution is 5.94. The molecule has 1 aliphatic heterocycles. The minimum absolute atomic E-state index is 0.0842. The number of nitrogens with zero attached hydrogens (tertiary/aromatic N) is 1. The molecular formula is C16H21FN2O2. The van der Waals surface area contributed by atoms with Crippen LogP contribution in [-0.4, -0.2) is 36.3 Å². The maximum absolute atomic E-state index is 12.8. The summed E-state index contributed by atoms with van der Waals surface area (Å²) >= 11 is 0. The van der Waals surface area contributed by atoms with E-state index in [0.717, 1.165) is 19.5 Å². The van der Waals surface area contributed by atoms with Crippen molar-refractivity contribution in [1.29, 1.82) is 0 Å². The summed E-state index contributed by atoms with van der Waals surface area (Å²) in [6.07, 6.45) is 2.53. The van der Waals surface area contributed by atoms with Gasteiger partial charge in [0.15, 0.2) is 0 Å². The fourth-order valence-corrected chi connectivity index (χ4v) is 2.56. The summed E-state index contributed by atoms with van der Waals surface area (Å²) < 4.78 is 12.8. The predicted molar refractivity (Wildman–Crippen MR) is 78.3 cm³/mol. The third kappa shape index (κ3) is 4.55. The van der Waals surface area contributed by atoms with Gasteiger partial charge in [-0.15, -0.1) is 0 Å². The molecule has 0 aliphatic carbocycles. The molecule has 0 saturated carbocycles. The average molecular weight is 292 g/mol. The molecule has 0 radical (unpaired) electrons.